The molecule has 0 saturated heterocycles. The normalized spacial score (nSPS) is 17.7. The van der Waals surface area contributed by atoms with Crippen LogP contribution in [0.4, 0.5) is 0 Å². The van der Waals surface area contributed by atoms with E-state index in [2.05, 4.69) is 137 Å². The van der Waals surface area contributed by atoms with E-state index in [1.165, 1.54) is 55.0 Å². The van der Waals surface area contributed by atoms with E-state index in [-0.39, 0.29) is 51.0 Å². The average Bonchev–Trinajstić information content (AvgIpc) is 3.37. The molecule has 0 radical (unpaired) electrons. The van der Waals surface area contributed by atoms with Gasteiger partial charge in [0, 0.05) is 0 Å². The first-order valence-electron chi connectivity index (χ1n) is 12.1. The molecule has 2 aliphatic rings. The van der Waals surface area contributed by atoms with Crippen molar-refractivity contribution < 1.29 is 51.0 Å². The first-order valence-corrected chi connectivity index (χ1v) is 12.1. The van der Waals surface area contributed by atoms with Crippen molar-refractivity contribution in [1.82, 2.24) is 0 Å². The van der Waals surface area contributed by atoms with Crippen molar-refractivity contribution in [2.75, 3.05) is 0 Å². The van der Waals surface area contributed by atoms with Gasteiger partial charge in [-0.05, 0) is 21.5 Å². The maximum absolute atomic E-state index is 3.45. The molecule has 37 heavy (non-hydrogen) atoms. The van der Waals surface area contributed by atoms with Gasteiger partial charge in [0.2, 0.25) is 0 Å². The molecule has 0 aliphatic heterocycles. The van der Waals surface area contributed by atoms with Crippen LogP contribution in [0.5, 0.6) is 0 Å². The van der Waals surface area contributed by atoms with E-state index in [0.29, 0.717) is 11.8 Å². The average molecular weight is 601 g/mol. The molecule has 2 unspecified atom stereocenters. The first kappa shape index (κ1) is 31.0. The topological polar surface area (TPSA) is 0 Å². The van der Waals surface area contributed by atoms with Crippen LogP contribution in [0.15, 0.2) is 108 Å². The van der Waals surface area contributed by atoms with Crippen molar-refractivity contribution in [1.29, 1.82) is 0 Å². The Morgan fingerprint density at radius 3 is 1.22 bits per heavy atom. The molecule has 4 aromatic rings. The van der Waals surface area contributed by atoms with Gasteiger partial charge in [0.15, 0.2) is 0 Å². The number of fused-ring (bicyclic) bond motifs is 2. The summed E-state index contributed by atoms with van der Waals surface area (Å²) in [4.78, 5) is 0. The maximum atomic E-state index is 3.45. The van der Waals surface area contributed by atoms with E-state index in [9.17, 15) is 0 Å². The molecule has 2 aliphatic carbocycles. The molecular weight excluding hydrogens is 571 g/mol. The molecule has 0 heterocycles. The van der Waals surface area contributed by atoms with Crippen LogP contribution in [0.1, 0.15) is 38.8 Å². The Hall–Kier alpha value is -2.18. The Labute approximate surface area is 253 Å². The summed E-state index contributed by atoms with van der Waals surface area (Å²) in [6.07, 6.45) is 11.5. The molecule has 0 aromatic heterocycles. The third kappa shape index (κ3) is 6.64. The predicted octanol–water partition coefficient (Wildman–Crippen LogP) is 3.25. The van der Waals surface area contributed by atoms with E-state index in [1.807, 2.05) is 0 Å². The fourth-order valence-electron chi connectivity index (χ4n) is 5.18. The largest absolute Gasteiger partial charge is 4.00 e. The summed E-state index contributed by atoms with van der Waals surface area (Å²) in [5.74, 6) is 0.868. The van der Waals surface area contributed by atoms with Gasteiger partial charge < -0.3 is 24.8 Å². The summed E-state index contributed by atoms with van der Waals surface area (Å²) < 4.78 is 0. The molecule has 0 fully saturated rings. The van der Waals surface area contributed by atoms with Crippen LogP contribution < -0.4 is 24.8 Å². The van der Waals surface area contributed by atoms with Gasteiger partial charge in [0.1, 0.15) is 0 Å². The van der Waals surface area contributed by atoms with E-state index in [0.717, 1.165) is 0 Å². The van der Waals surface area contributed by atoms with Crippen molar-refractivity contribution in [3.8, 4) is 0 Å². The van der Waals surface area contributed by atoms with Crippen LogP contribution in [-0.4, -0.2) is 0 Å². The van der Waals surface area contributed by atoms with Gasteiger partial charge in [-0.1, -0.05) is 136 Å². The predicted molar refractivity (Wildman–Crippen MR) is 147 cm³/mol. The molecule has 0 spiro atoms. The number of allylic oxidation sites excluding steroid dienone is 8. The standard InChI is InChI=1S/2C17H15.2ClH.Zr/c2*1-12-10-13(2)17(11-12)16-9-5-7-14-6-3-4-8-15(14)16;;;/h2*3-9,11-12H,1-2H3;2*1H;/q2*-1;;;+4/p-2. The number of halogens is 2. The molecule has 0 amide bonds. The van der Waals surface area contributed by atoms with E-state index < -0.39 is 0 Å². The molecule has 0 nitrogen and oxygen atoms in total. The summed E-state index contributed by atoms with van der Waals surface area (Å²) in [5, 5.41) is 5.27. The Morgan fingerprint density at radius 1 is 0.514 bits per heavy atom. The Kier molecular flexibility index (Phi) is 11.4. The molecule has 3 heteroatoms. The smallest absolute Gasteiger partial charge is 1.00 e. The van der Waals surface area contributed by atoms with E-state index >= 15 is 0 Å². The molecule has 0 saturated carbocycles. The van der Waals surface area contributed by atoms with Gasteiger partial charge in [-0.3, -0.25) is 12.2 Å². The molecule has 0 N–H and O–H groups in total. The van der Waals surface area contributed by atoms with Crippen LogP contribution in [0.3, 0.4) is 0 Å². The molecule has 184 valence electrons. The quantitative estimate of drug-likeness (QED) is 0.310. The van der Waals surface area contributed by atoms with Gasteiger partial charge in [0.25, 0.3) is 0 Å². The minimum atomic E-state index is 0. The zero-order chi connectivity index (χ0) is 23.7. The molecule has 2 atom stereocenters. The number of hydrogen-bond donors (Lipinski definition) is 0. The number of hydrogen-bond acceptors (Lipinski definition) is 0. The van der Waals surface area contributed by atoms with Gasteiger partial charge >= 0.3 is 26.2 Å². The molecule has 0 bridgehead atoms. The zero-order valence-electron chi connectivity index (χ0n) is 21.6. The van der Waals surface area contributed by atoms with Gasteiger partial charge in [0.05, 0.1) is 0 Å². The minimum absolute atomic E-state index is 0. The summed E-state index contributed by atoms with van der Waals surface area (Å²) in [7, 11) is 0. The van der Waals surface area contributed by atoms with Crippen molar-refractivity contribution in [2.24, 2.45) is 11.8 Å². The van der Waals surface area contributed by atoms with E-state index in [1.54, 1.807) is 0 Å². The first-order chi connectivity index (χ1) is 16.5. The molecular formula is C34H30Cl2Zr. The Balaban J connectivity index is 0.000000241. The summed E-state index contributed by atoms with van der Waals surface area (Å²) >= 11 is 0. The molecule has 6 rings (SSSR count). The van der Waals surface area contributed by atoms with Crippen molar-refractivity contribution in [3.05, 3.63) is 132 Å². The SMILES string of the molecule is CC1=[C-]C(C)C=C1c1cccc2ccccc12.CC1=[C-]C(C)C=C1c1cccc2ccccc12.[Cl-].[Cl-].[Zr+4]. The van der Waals surface area contributed by atoms with E-state index in [4.69, 9.17) is 0 Å². The summed E-state index contributed by atoms with van der Waals surface area (Å²) in [5.41, 5.74) is 7.89. The third-order valence-electron chi connectivity index (χ3n) is 6.69. The van der Waals surface area contributed by atoms with Gasteiger partial charge in [-0.2, -0.15) is 23.3 Å². The van der Waals surface area contributed by atoms with Crippen molar-refractivity contribution in [3.63, 3.8) is 0 Å². The monoisotopic (exact) mass is 598 g/mol. The second-order valence-electron chi connectivity index (χ2n) is 9.33. The summed E-state index contributed by atoms with van der Waals surface area (Å²) in [6, 6.07) is 30.1. The Bertz CT molecular complexity index is 1380. The fourth-order valence-corrected chi connectivity index (χ4v) is 5.18. The Morgan fingerprint density at radius 2 is 0.865 bits per heavy atom. The fraction of sp³-hybridized carbons (Fsp3) is 0.176. The summed E-state index contributed by atoms with van der Waals surface area (Å²) in [6.45, 7) is 8.66. The number of benzene rings is 4. The zero-order valence-corrected chi connectivity index (χ0v) is 25.6. The van der Waals surface area contributed by atoms with Crippen LogP contribution in [0.25, 0.3) is 32.7 Å². The van der Waals surface area contributed by atoms with Crippen LogP contribution in [0, 0.1) is 24.0 Å². The van der Waals surface area contributed by atoms with Crippen molar-refractivity contribution >= 4 is 32.7 Å². The second kappa shape index (κ2) is 13.6. The third-order valence-corrected chi connectivity index (χ3v) is 6.69. The van der Waals surface area contributed by atoms with Crippen LogP contribution in [0.2, 0.25) is 0 Å². The molecule has 4 aromatic carbocycles. The van der Waals surface area contributed by atoms with Crippen molar-refractivity contribution in [2.45, 2.75) is 27.7 Å². The van der Waals surface area contributed by atoms with Gasteiger partial charge in [-0.25, -0.2) is 11.1 Å². The van der Waals surface area contributed by atoms with Crippen LogP contribution >= 0.6 is 0 Å². The van der Waals surface area contributed by atoms with Gasteiger partial charge in [-0.15, -0.1) is 0 Å². The second-order valence-corrected chi connectivity index (χ2v) is 9.33. The minimum Gasteiger partial charge on any atom is -1.00 e. The maximum Gasteiger partial charge on any atom is 4.00 e. The number of rotatable bonds is 2. The van der Waals surface area contributed by atoms with Crippen LogP contribution in [-0.2, 0) is 26.2 Å².